The Labute approximate surface area is 207 Å². The molecule has 0 fully saturated rings. The Morgan fingerprint density at radius 1 is 1.00 bits per heavy atom. The van der Waals surface area contributed by atoms with Gasteiger partial charge in [-0.3, -0.25) is 4.79 Å². The lowest BCUT2D eigenvalue weighted by Gasteiger charge is -2.12. The molecule has 0 radical (unpaired) electrons. The average molecular weight is 479 g/mol. The molecule has 2 aromatic heterocycles. The number of fused-ring (bicyclic) bond motifs is 3. The zero-order valence-corrected chi connectivity index (χ0v) is 20.0. The Morgan fingerprint density at radius 2 is 1.72 bits per heavy atom. The van der Waals surface area contributed by atoms with Gasteiger partial charge in [0.2, 0.25) is 0 Å². The lowest BCUT2D eigenvalue weighted by atomic mass is 10.1. The predicted molar refractivity (Wildman–Crippen MR) is 140 cm³/mol. The fourth-order valence-corrected chi connectivity index (χ4v) is 5.16. The molecule has 7 nitrogen and oxygen atoms in total. The third-order valence-corrected chi connectivity index (χ3v) is 6.90. The van der Waals surface area contributed by atoms with Crippen molar-refractivity contribution in [3.63, 3.8) is 0 Å². The van der Waals surface area contributed by atoms with Crippen LogP contribution in [0.1, 0.15) is 35.6 Å². The number of hydrogen-bond donors (Lipinski definition) is 1. The number of aromatic nitrogens is 3. The Balaban J connectivity index is 1.55. The molecule has 0 aliphatic heterocycles. The molecule has 0 saturated heterocycles. The van der Waals surface area contributed by atoms with Crippen LogP contribution in [-0.2, 0) is 30.7 Å². The zero-order chi connectivity index (χ0) is 24.8. The highest BCUT2D eigenvalue weighted by molar-refractivity contribution is 5.96. The summed E-state index contributed by atoms with van der Waals surface area (Å²) < 4.78 is 3.22. The smallest absolute Gasteiger partial charge is 0.330 e. The molecule has 2 heterocycles. The van der Waals surface area contributed by atoms with E-state index in [9.17, 15) is 9.59 Å². The fourth-order valence-electron chi connectivity index (χ4n) is 5.16. The summed E-state index contributed by atoms with van der Waals surface area (Å²) in [6.07, 6.45) is 4.96. The highest BCUT2D eigenvalue weighted by atomic mass is 16.7. The monoisotopic (exact) mass is 478 g/mol. The van der Waals surface area contributed by atoms with Gasteiger partial charge in [0.1, 0.15) is 11.2 Å². The molecule has 6 rings (SSSR count). The quantitative estimate of drug-likeness (QED) is 0.412. The summed E-state index contributed by atoms with van der Waals surface area (Å²) in [7, 11) is 0. The van der Waals surface area contributed by atoms with Gasteiger partial charge in [0.15, 0.2) is 0 Å². The van der Waals surface area contributed by atoms with Crippen LogP contribution in [0.25, 0.3) is 33.2 Å². The Kier molecular flexibility index (Phi) is 5.42. The second-order valence-electron chi connectivity index (χ2n) is 9.31. The van der Waals surface area contributed by atoms with Gasteiger partial charge in [-0.1, -0.05) is 42.5 Å². The lowest BCUT2D eigenvalue weighted by Crippen LogP contribution is -2.31. The third kappa shape index (κ3) is 3.78. The number of carbonyl (C=O) groups excluding carboxylic acids is 1. The van der Waals surface area contributed by atoms with Crippen molar-refractivity contribution in [2.24, 2.45) is 5.73 Å². The number of nitrogens with two attached hydrogens (primary N) is 1. The van der Waals surface area contributed by atoms with E-state index < -0.39 is 11.5 Å². The molecule has 0 spiro atoms. The second kappa shape index (κ2) is 8.77. The summed E-state index contributed by atoms with van der Waals surface area (Å²) >= 11 is 0. The van der Waals surface area contributed by atoms with Crippen LogP contribution in [0, 0.1) is 0 Å². The summed E-state index contributed by atoms with van der Waals surface area (Å²) in [6.45, 7) is 2.43. The van der Waals surface area contributed by atoms with Gasteiger partial charge in [0.05, 0.1) is 5.52 Å². The van der Waals surface area contributed by atoms with Crippen LogP contribution < -0.4 is 16.1 Å². The lowest BCUT2D eigenvalue weighted by molar-refractivity contribution is -0.141. The number of carbonyl (C=O) groups is 1. The van der Waals surface area contributed by atoms with Crippen molar-refractivity contribution in [2.45, 2.75) is 39.3 Å². The minimum absolute atomic E-state index is 0.259. The molecule has 1 aliphatic carbocycles. The average Bonchev–Trinajstić information content (AvgIpc) is 3.49. The molecule has 5 aromatic rings. The first-order valence-corrected chi connectivity index (χ1v) is 12.2. The van der Waals surface area contributed by atoms with Crippen LogP contribution in [0.15, 0.2) is 71.7 Å². The van der Waals surface area contributed by atoms with Crippen LogP contribution in [-0.4, -0.2) is 20.3 Å². The van der Waals surface area contributed by atoms with Crippen molar-refractivity contribution in [3.05, 3.63) is 99.5 Å². The third-order valence-electron chi connectivity index (χ3n) is 6.90. The summed E-state index contributed by atoms with van der Waals surface area (Å²) in [5.74, 6) is -0.556. The van der Waals surface area contributed by atoms with Crippen molar-refractivity contribution in [1.29, 1.82) is 0 Å². The van der Waals surface area contributed by atoms with Gasteiger partial charge in [0, 0.05) is 42.7 Å². The van der Waals surface area contributed by atoms with Crippen LogP contribution in [0.5, 0.6) is 0 Å². The summed E-state index contributed by atoms with van der Waals surface area (Å²) in [4.78, 5) is 35.9. The van der Waals surface area contributed by atoms with Crippen LogP contribution >= 0.6 is 0 Å². The van der Waals surface area contributed by atoms with E-state index in [0.717, 1.165) is 46.0 Å². The van der Waals surface area contributed by atoms with E-state index in [0.29, 0.717) is 29.7 Å². The van der Waals surface area contributed by atoms with E-state index in [2.05, 4.69) is 16.7 Å². The van der Waals surface area contributed by atoms with Crippen molar-refractivity contribution >= 4 is 27.9 Å². The van der Waals surface area contributed by atoms with E-state index >= 15 is 0 Å². The van der Waals surface area contributed by atoms with E-state index in [-0.39, 0.29) is 5.69 Å². The highest BCUT2D eigenvalue weighted by Gasteiger charge is 2.22. The molecule has 0 bridgehead atoms. The van der Waals surface area contributed by atoms with Gasteiger partial charge in [0.25, 0.3) is 0 Å². The fraction of sp³-hybridized carbons (Fsp3) is 0.207. The summed E-state index contributed by atoms with van der Waals surface area (Å²) in [6, 6.07) is 20.1. The first-order valence-electron chi connectivity index (χ1n) is 12.2. The molecule has 180 valence electrons. The topological polar surface area (TPSA) is 92.1 Å². The molecule has 3 aromatic carbocycles. The number of nitrogens with zero attached hydrogens (tertiary/aromatic N) is 3. The normalized spacial score (nSPS) is 12.8. The molecular formula is C29H26N4O3. The zero-order valence-electron chi connectivity index (χ0n) is 20.0. The van der Waals surface area contributed by atoms with Crippen molar-refractivity contribution < 1.29 is 9.63 Å². The molecular weight excluding hydrogens is 452 g/mol. The molecule has 0 unspecified atom stereocenters. The predicted octanol–water partition coefficient (Wildman–Crippen LogP) is 3.99. The number of rotatable bonds is 5. The minimum Gasteiger partial charge on any atom is -0.342 e. The van der Waals surface area contributed by atoms with E-state index in [4.69, 9.17) is 15.6 Å². The molecule has 36 heavy (non-hydrogen) atoms. The van der Waals surface area contributed by atoms with E-state index in [1.165, 1.54) is 18.1 Å². The standard InChI is InChI=1S/C29H26N4O3/c1-18(34)36-33-27-14-22-6-4-5-21(22)13-25(27)31-28(29(33)35)24-17-32(26-8-3-2-7-23(24)26)16-20-11-9-19(15-30)10-12-20/h2-3,7-14,17H,4-6,15-16,30H2,1H3. The Morgan fingerprint density at radius 3 is 2.47 bits per heavy atom. The Bertz CT molecular complexity index is 1700. The maximum atomic E-state index is 13.7. The number of benzene rings is 3. The van der Waals surface area contributed by atoms with E-state index in [1.54, 1.807) is 0 Å². The number of aryl methyl sites for hydroxylation is 2. The second-order valence-corrected chi connectivity index (χ2v) is 9.31. The van der Waals surface area contributed by atoms with Gasteiger partial charge in [-0.2, -0.15) is 0 Å². The summed E-state index contributed by atoms with van der Waals surface area (Å²) in [5.41, 5.74) is 13.0. The Hall–Kier alpha value is -4.23. The number of para-hydroxylation sites is 1. The molecule has 0 saturated carbocycles. The van der Waals surface area contributed by atoms with Gasteiger partial charge in [-0.25, -0.2) is 9.78 Å². The first-order chi connectivity index (χ1) is 17.5. The minimum atomic E-state index is -0.556. The van der Waals surface area contributed by atoms with Crippen molar-refractivity contribution in [3.8, 4) is 11.3 Å². The maximum Gasteiger partial charge on any atom is 0.330 e. The molecule has 2 N–H and O–H groups in total. The van der Waals surface area contributed by atoms with Crippen molar-refractivity contribution in [2.75, 3.05) is 0 Å². The summed E-state index contributed by atoms with van der Waals surface area (Å²) in [5, 5.41) is 0.913. The largest absolute Gasteiger partial charge is 0.342 e. The van der Waals surface area contributed by atoms with Crippen LogP contribution in [0.4, 0.5) is 0 Å². The molecule has 7 heteroatoms. The maximum absolute atomic E-state index is 13.7. The highest BCUT2D eigenvalue weighted by Crippen LogP contribution is 2.31. The van der Waals surface area contributed by atoms with Gasteiger partial charge < -0.3 is 15.1 Å². The van der Waals surface area contributed by atoms with E-state index in [1.807, 2.05) is 54.7 Å². The SMILES string of the molecule is CC(=O)On1c(=O)c(-c2cn(Cc3ccc(CN)cc3)c3ccccc23)nc2cc3c(cc21)CCC3. The molecule has 0 amide bonds. The molecule has 1 aliphatic rings. The van der Waals surface area contributed by atoms with Gasteiger partial charge in [-0.15, -0.1) is 4.73 Å². The van der Waals surface area contributed by atoms with Crippen LogP contribution in [0.2, 0.25) is 0 Å². The number of hydrogen-bond acceptors (Lipinski definition) is 5. The molecule has 0 atom stereocenters. The van der Waals surface area contributed by atoms with Gasteiger partial charge >= 0.3 is 11.5 Å². The van der Waals surface area contributed by atoms with Crippen LogP contribution in [0.3, 0.4) is 0 Å². The van der Waals surface area contributed by atoms with Crippen molar-refractivity contribution in [1.82, 2.24) is 14.3 Å². The first kappa shape index (κ1) is 22.2. The van der Waals surface area contributed by atoms with Gasteiger partial charge in [-0.05, 0) is 59.7 Å².